The number of nitrogens with zero attached hydrogens (tertiary/aromatic N) is 1. The van der Waals surface area contributed by atoms with Gasteiger partial charge in [-0.05, 0) is 24.6 Å². The van der Waals surface area contributed by atoms with Gasteiger partial charge in [0.1, 0.15) is 5.82 Å². The highest BCUT2D eigenvalue weighted by Crippen LogP contribution is 2.20. The number of aryl methyl sites for hydroxylation is 1. The molecule has 1 heterocycles. The second-order valence-electron chi connectivity index (χ2n) is 4.32. The first-order valence-corrected chi connectivity index (χ1v) is 7.31. The molecule has 8 heteroatoms. The molecular formula is C13H13ClFN3O2S. The minimum Gasteiger partial charge on any atom is -0.387 e. The summed E-state index contributed by atoms with van der Waals surface area (Å²) in [6.45, 7) is 1.76. The Morgan fingerprint density at radius 1 is 1.57 bits per heavy atom. The second-order valence-corrected chi connectivity index (χ2v) is 5.58. The number of thiazole rings is 1. The van der Waals surface area contributed by atoms with Crippen molar-refractivity contribution in [3.8, 4) is 0 Å². The lowest BCUT2D eigenvalue weighted by Crippen LogP contribution is -2.32. The SMILES string of the molecule is Cc1csc(NC(=O)NCC(O)c2ccc(Cl)c(F)c2)n1. The molecule has 0 fully saturated rings. The second kappa shape index (κ2) is 6.84. The summed E-state index contributed by atoms with van der Waals surface area (Å²) in [5.41, 5.74) is 1.15. The molecule has 21 heavy (non-hydrogen) atoms. The molecule has 0 saturated carbocycles. The Morgan fingerprint density at radius 2 is 2.33 bits per heavy atom. The van der Waals surface area contributed by atoms with Crippen LogP contribution in [0.1, 0.15) is 17.4 Å². The number of rotatable bonds is 4. The lowest BCUT2D eigenvalue weighted by Gasteiger charge is -2.12. The predicted molar refractivity (Wildman–Crippen MR) is 80.2 cm³/mol. The smallest absolute Gasteiger partial charge is 0.321 e. The van der Waals surface area contributed by atoms with Crippen LogP contribution in [0, 0.1) is 12.7 Å². The highest BCUT2D eigenvalue weighted by Gasteiger charge is 2.12. The van der Waals surface area contributed by atoms with E-state index >= 15 is 0 Å². The van der Waals surface area contributed by atoms with Gasteiger partial charge in [0.15, 0.2) is 5.13 Å². The minimum atomic E-state index is -1.03. The van der Waals surface area contributed by atoms with Crippen molar-refractivity contribution >= 4 is 34.1 Å². The van der Waals surface area contributed by atoms with Crippen molar-refractivity contribution in [3.05, 3.63) is 45.7 Å². The first kappa shape index (κ1) is 15.7. The number of nitrogens with one attached hydrogen (secondary N) is 2. The maximum absolute atomic E-state index is 13.3. The molecule has 0 aliphatic heterocycles. The minimum absolute atomic E-state index is 0.0178. The number of halogens is 2. The van der Waals surface area contributed by atoms with Crippen LogP contribution in [0.4, 0.5) is 14.3 Å². The monoisotopic (exact) mass is 329 g/mol. The zero-order valence-corrected chi connectivity index (χ0v) is 12.6. The Bertz CT molecular complexity index is 650. The number of aromatic nitrogens is 1. The lowest BCUT2D eigenvalue weighted by molar-refractivity contribution is 0.174. The molecule has 5 nitrogen and oxygen atoms in total. The summed E-state index contributed by atoms with van der Waals surface area (Å²) in [4.78, 5) is 15.7. The number of hydrogen-bond donors (Lipinski definition) is 3. The number of anilines is 1. The van der Waals surface area contributed by atoms with Gasteiger partial charge >= 0.3 is 6.03 Å². The summed E-state index contributed by atoms with van der Waals surface area (Å²) in [6.07, 6.45) is -1.03. The quantitative estimate of drug-likeness (QED) is 0.807. The Labute approximate surface area is 129 Å². The van der Waals surface area contributed by atoms with Crippen molar-refractivity contribution in [2.24, 2.45) is 0 Å². The van der Waals surface area contributed by atoms with Crippen LogP contribution >= 0.6 is 22.9 Å². The highest BCUT2D eigenvalue weighted by atomic mass is 35.5. The van der Waals surface area contributed by atoms with Gasteiger partial charge in [0.05, 0.1) is 16.8 Å². The molecule has 0 spiro atoms. The highest BCUT2D eigenvalue weighted by molar-refractivity contribution is 7.13. The van der Waals surface area contributed by atoms with Crippen molar-refractivity contribution in [2.45, 2.75) is 13.0 Å². The molecule has 1 aromatic carbocycles. The van der Waals surface area contributed by atoms with Crippen LogP contribution in [0.3, 0.4) is 0 Å². The zero-order valence-electron chi connectivity index (χ0n) is 11.1. The van der Waals surface area contributed by atoms with Crippen molar-refractivity contribution in [1.29, 1.82) is 0 Å². The van der Waals surface area contributed by atoms with Crippen LogP contribution in [-0.2, 0) is 0 Å². The topological polar surface area (TPSA) is 74.2 Å². The molecule has 2 rings (SSSR count). The standard InChI is InChI=1S/C13H13ClFN3O2S/c1-7-6-21-13(17-7)18-12(20)16-5-11(19)8-2-3-9(14)10(15)4-8/h2-4,6,11,19H,5H2,1H3,(H2,16,17,18,20). The molecule has 1 unspecified atom stereocenters. The molecule has 0 aliphatic rings. The first-order valence-electron chi connectivity index (χ1n) is 6.05. The molecule has 0 bridgehead atoms. The average Bonchev–Trinajstić information content (AvgIpc) is 2.84. The van der Waals surface area contributed by atoms with E-state index in [1.165, 1.54) is 23.5 Å². The van der Waals surface area contributed by atoms with E-state index in [0.717, 1.165) is 11.8 Å². The van der Waals surface area contributed by atoms with E-state index in [2.05, 4.69) is 15.6 Å². The number of carbonyl (C=O) groups is 1. The Kier molecular flexibility index (Phi) is 5.11. The number of aliphatic hydroxyl groups is 1. The van der Waals surface area contributed by atoms with Crippen molar-refractivity contribution in [2.75, 3.05) is 11.9 Å². The van der Waals surface area contributed by atoms with E-state index in [9.17, 15) is 14.3 Å². The van der Waals surface area contributed by atoms with Crippen LogP contribution in [-0.4, -0.2) is 22.7 Å². The molecule has 0 saturated heterocycles. The van der Waals surface area contributed by atoms with E-state index in [-0.39, 0.29) is 11.6 Å². The van der Waals surface area contributed by atoms with Crippen molar-refractivity contribution in [1.82, 2.24) is 10.3 Å². The van der Waals surface area contributed by atoms with Gasteiger partial charge < -0.3 is 10.4 Å². The number of benzene rings is 1. The Hall–Kier alpha value is -1.70. The summed E-state index contributed by atoms with van der Waals surface area (Å²) in [6, 6.07) is 3.50. The van der Waals surface area contributed by atoms with Gasteiger partial charge in [-0.25, -0.2) is 14.2 Å². The van der Waals surface area contributed by atoms with Gasteiger partial charge in [0, 0.05) is 11.9 Å². The Morgan fingerprint density at radius 3 is 2.95 bits per heavy atom. The maximum Gasteiger partial charge on any atom is 0.321 e. The summed E-state index contributed by atoms with van der Waals surface area (Å²) < 4.78 is 13.3. The largest absolute Gasteiger partial charge is 0.387 e. The predicted octanol–water partition coefficient (Wildman–Crippen LogP) is 3.10. The van der Waals surface area contributed by atoms with Gasteiger partial charge in [-0.1, -0.05) is 17.7 Å². The molecule has 2 aromatic rings. The third-order valence-corrected chi connectivity index (χ3v) is 3.81. The number of amides is 2. The fourth-order valence-corrected chi connectivity index (χ4v) is 2.38. The molecule has 1 aromatic heterocycles. The van der Waals surface area contributed by atoms with E-state index in [1.807, 2.05) is 6.92 Å². The van der Waals surface area contributed by atoms with E-state index in [4.69, 9.17) is 11.6 Å². The summed E-state index contributed by atoms with van der Waals surface area (Å²) in [7, 11) is 0. The van der Waals surface area contributed by atoms with Gasteiger partial charge in [0.2, 0.25) is 0 Å². The fraction of sp³-hybridized carbons (Fsp3) is 0.231. The molecular weight excluding hydrogens is 317 g/mol. The Balaban J connectivity index is 1.86. The van der Waals surface area contributed by atoms with Crippen molar-refractivity contribution < 1.29 is 14.3 Å². The fourth-order valence-electron chi connectivity index (χ4n) is 1.58. The van der Waals surface area contributed by atoms with Crippen LogP contribution in [0.5, 0.6) is 0 Å². The normalized spacial score (nSPS) is 12.0. The molecule has 2 amide bonds. The lowest BCUT2D eigenvalue weighted by atomic mass is 10.1. The van der Waals surface area contributed by atoms with Crippen molar-refractivity contribution in [3.63, 3.8) is 0 Å². The number of aliphatic hydroxyl groups excluding tert-OH is 1. The van der Waals surface area contributed by atoms with Crippen LogP contribution in [0.15, 0.2) is 23.6 Å². The van der Waals surface area contributed by atoms with E-state index in [1.54, 1.807) is 5.38 Å². The summed E-state index contributed by atoms with van der Waals surface area (Å²) >= 11 is 6.87. The van der Waals surface area contributed by atoms with Crippen LogP contribution in [0.2, 0.25) is 5.02 Å². The molecule has 112 valence electrons. The third kappa shape index (κ3) is 4.38. The molecule has 0 radical (unpaired) electrons. The van der Waals surface area contributed by atoms with E-state index < -0.39 is 18.0 Å². The first-order chi connectivity index (χ1) is 9.95. The molecule has 3 N–H and O–H groups in total. The molecule has 1 atom stereocenters. The number of hydrogen-bond acceptors (Lipinski definition) is 4. The average molecular weight is 330 g/mol. The van der Waals surface area contributed by atoms with Gasteiger partial charge in [-0.15, -0.1) is 11.3 Å². The zero-order chi connectivity index (χ0) is 15.4. The van der Waals surface area contributed by atoms with Gasteiger partial charge in [-0.2, -0.15) is 0 Å². The number of carbonyl (C=O) groups excluding carboxylic acids is 1. The molecule has 0 aliphatic carbocycles. The van der Waals surface area contributed by atoms with Crippen LogP contribution < -0.4 is 10.6 Å². The van der Waals surface area contributed by atoms with E-state index in [0.29, 0.717) is 10.7 Å². The third-order valence-electron chi connectivity index (χ3n) is 2.62. The van der Waals surface area contributed by atoms with Crippen LogP contribution in [0.25, 0.3) is 0 Å². The number of urea groups is 1. The maximum atomic E-state index is 13.3. The summed E-state index contributed by atoms with van der Waals surface area (Å²) in [5.74, 6) is -0.615. The van der Waals surface area contributed by atoms with Gasteiger partial charge in [0.25, 0.3) is 0 Å². The van der Waals surface area contributed by atoms with Gasteiger partial charge in [-0.3, -0.25) is 5.32 Å². The summed E-state index contributed by atoms with van der Waals surface area (Å²) in [5, 5.41) is 17.2.